The molecule has 1 rings (SSSR count). The van der Waals surface area contributed by atoms with Crippen LogP contribution in [0.1, 0.15) is 31.9 Å². The molecular weight excluding hydrogens is 327 g/mol. The van der Waals surface area contributed by atoms with E-state index in [4.69, 9.17) is 4.74 Å². The lowest BCUT2D eigenvalue weighted by Crippen LogP contribution is -2.37. The number of alkyl carbamates (subject to hydrolysis) is 1. The molecule has 0 bridgehead atoms. The molecule has 1 amide bonds. The number of carboxylic acids is 1. The SMILES string of the molecule is CC(C)(C)OC(=O)NC[C@@H](Cc1ccc(C(F)(F)F)cc1)C(=O)O. The van der Waals surface area contributed by atoms with Gasteiger partial charge in [-0.1, -0.05) is 12.1 Å². The number of aliphatic carboxylic acids is 1. The van der Waals surface area contributed by atoms with Crippen molar-refractivity contribution in [1.82, 2.24) is 5.32 Å². The summed E-state index contributed by atoms with van der Waals surface area (Å²) in [6, 6.07) is 4.25. The molecule has 0 aromatic heterocycles. The van der Waals surface area contributed by atoms with Crippen LogP contribution in [-0.4, -0.2) is 29.3 Å². The molecule has 134 valence electrons. The minimum absolute atomic E-state index is 0.0106. The lowest BCUT2D eigenvalue weighted by molar-refractivity contribution is -0.141. The molecule has 0 saturated carbocycles. The normalized spacial score (nSPS) is 13.2. The zero-order valence-electron chi connectivity index (χ0n) is 13.6. The van der Waals surface area contributed by atoms with Gasteiger partial charge in [0.25, 0.3) is 0 Å². The van der Waals surface area contributed by atoms with E-state index in [0.717, 1.165) is 12.1 Å². The Balaban J connectivity index is 2.67. The van der Waals surface area contributed by atoms with Crippen molar-refractivity contribution in [2.75, 3.05) is 6.54 Å². The number of rotatable bonds is 5. The fourth-order valence-corrected chi connectivity index (χ4v) is 1.88. The summed E-state index contributed by atoms with van der Waals surface area (Å²) in [6.45, 7) is 4.82. The van der Waals surface area contributed by atoms with Crippen LogP contribution in [0.25, 0.3) is 0 Å². The van der Waals surface area contributed by atoms with Crippen molar-refractivity contribution in [3.8, 4) is 0 Å². The second-order valence-corrected chi connectivity index (χ2v) is 6.32. The van der Waals surface area contributed by atoms with E-state index in [2.05, 4.69) is 5.32 Å². The van der Waals surface area contributed by atoms with Crippen molar-refractivity contribution >= 4 is 12.1 Å². The van der Waals surface area contributed by atoms with E-state index in [1.807, 2.05) is 0 Å². The molecule has 0 unspecified atom stereocenters. The number of nitrogens with one attached hydrogen (secondary N) is 1. The number of benzene rings is 1. The second-order valence-electron chi connectivity index (χ2n) is 6.32. The summed E-state index contributed by atoms with van der Waals surface area (Å²) in [6.07, 6.45) is -5.20. The first-order valence-corrected chi connectivity index (χ1v) is 7.24. The van der Waals surface area contributed by atoms with Crippen LogP contribution in [0.4, 0.5) is 18.0 Å². The summed E-state index contributed by atoms with van der Waals surface area (Å²) in [5, 5.41) is 11.5. The molecule has 0 heterocycles. The van der Waals surface area contributed by atoms with Crippen molar-refractivity contribution < 1.29 is 32.6 Å². The minimum Gasteiger partial charge on any atom is -0.481 e. The summed E-state index contributed by atoms with van der Waals surface area (Å²) in [5.41, 5.74) is -1.08. The van der Waals surface area contributed by atoms with Crippen molar-refractivity contribution in [2.45, 2.75) is 39.0 Å². The number of carbonyl (C=O) groups is 2. The molecular formula is C16H20F3NO4. The van der Waals surface area contributed by atoms with Crippen LogP contribution < -0.4 is 5.32 Å². The predicted octanol–water partition coefficient (Wildman–Crippen LogP) is 3.47. The number of alkyl halides is 3. The number of carbonyl (C=O) groups excluding carboxylic acids is 1. The minimum atomic E-state index is -4.44. The molecule has 0 aliphatic carbocycles. The van der Waals surface area contributed by atoms with Gasteiger partial charge >= 0.3 is 18.2 Å². The van der Waals surface area contributed by atoms with Crippen molar-refractivity contribution in [2.24, 2.45) is 5.92 Å². The summed E-state index contributed by atoms with van der Waals surface area (Å²) >= 11 is 0. The first-order chi connectivity index (χ1) is 10.9. The highest BCUT2D eigenvalue weighted by Gasteiger charge is 2.30. The fourth-order valence-electron chi connectivity index (χ4n) is 1.88. The van der Waals surface area contributed by atoms with E-state index in [9.17, 15) is 27.9 Å². The van der Waals surface area contributed by atoms with Gasteiger partial charge in [-0.05, 0) is 44.9 Å². The van der Waals surface area contributed by atoms with Gasteiger partial charge in [0.05, 0.1) is 11.5 Å². The highest BCUT2D eigenvalue weighted by molar-refractivity contribution is 5.73. The standard InChI is InChI=1S/C16H20F3NO4/c1-15(2,3)24-14(23)20-9-11(13(21)22)8-10-4-6-12(7-5-10)16(17,18)19/h4-7,11H,8-9H2,1-3H3,(H,20,23)(H,21,22)/t11-/m1/s1. The number of hydrogen-bond donors (Lipinski definition) is 2. The molecule has 8 heteroatoms. The van der Waals surface area contributed by atoms with Gasteiger partial charge in [0.15, 0.2) is 0 Å². The Morgan fingerprint density at radius 1 is 1.17 bits per heavy atom. The van der Waals surface area contributed by atoms with Gasteiger partial charge in [-0.3, -0.25) is 4.79 Å². The first-order valence-electron chi connectivity index (χ1n) is 7.24. The number of amides is 1. The topological polar surface area (TPSA) is 75.6 Å². The Kier molecular flexibility index (Phi) is 6.22. The molecule has 0 saturated heterocycles. The highest BCUT2D eigenvalue weighted by atomic mass is 19.4. The van der Waals surface area contributed by atoms with E-state index in [1.165, 1.54) is 12.1 Å². The van der Waals surface area contributed by atoms with Gasteiger partial charge in [0.2, 0.25) is 0 Å². The summed E-state index contributed by atoms with van der Waals surface area (Å²) < 4.78 is 42.5. The maximum Gasteiger partial charge on any atom is 0.416 e. The number of hydrogen-bond acceptors (Lipinski definition) is 3. The Morgan fingerprint density at radius 2 is 1.71 bits per heavy atom. The van der Waals surface area contributed by atoms with Crippen molar-refractivity contribution in [3.63, 3.8) is 0 Å². The van der Waals surface area contributed by atoms with Gasteiger partial charge in [0.1, 0.15) is 5.60 Å². The lowest BCUT2D eigenvalue weighted by atomic mass is 9.98. The summed E-state index contributed by atoms with van der Waals surface area (Å²) in [5.74, 6) is -2.14. The predicted molar refractivity (Wildman–Crippen MR) is 80.5 cm³/mol. The zero-order valence-corrected chi connectivity index (χ0v) is 13.6. The van der Waals surface area contributed by atoms with Gasteiger partial charge in [-0.25, -0.2) is 4.79 Å². The number of halogens is 3. The molecule has 5 nitrogen and oxygen atoms in total. The molecule has 1 aromatic rings. The summed E-state index contributed by atoms with van der Waals surface area (Å²) in [4.78, 5) is 22.8. The monoisotopic (exact) mass is 347 g/mol. The van der Waals surface area contributed by atoms with E-state index in [1.54, 1.807) is 20.8 Å². The van der Waals surface area contributed by atoms with Crippen LogP contribution in [0, 0.1) is 5.92 Å². The molecule has 0 spiro atoms. The Labute approximate surface area is 137 Å². The van der Waals surface area contributed by atoms with Crippen molar-refractivity contribution in [1.29, 1.82) is 0 Å². The third-order valence-electron chi connectivity index (χ3n) is 3.00. The maximum atomic E-state index is 12.5. The molecule has 0 radical (unpaired) electrons. The molecule has 0 aliphatic heterocycles. The van der Waals surface area contributed by atoms with Crippen LogP contribution in [0.5, 0.6) is 0 Å². The molecule has 2 N–H and O–H groups in total. The maximum absolute atomic E-state index is 12.5. The van der Waals surface area contributed by atoms with E-state index < -0.39 is 35.3 Å². The number of carboxylic acid groups (broad SMARTS) is 1. The van der Waals surface area contributed by atoms with Crippen LogP contribution in [-0.2, 0) is 22.1 Å². The molecule has 1 atom stereocenters. The van der Waals surface area contributed by atoms with Gasteiger partial charge in [-0.2, -0.15) is 13.2 Å². The van der Waals surface area contributed by atoms with E-state index in [0.29, 0.717) is 5.56 Å². The first kappa shape index (κ1) is 19.8. The molecule has 0 aliphatic rings. The average Bonchev–Trinajstić information content (AvgIpc) is 2.40. The highest BCUT2D eigenvalue weighted by Crippen LogP contribution is 2.29. The quantitative estimate of drug-likeness (QED) is 0.855. The smallest absolute Gasteiger partial charge is 0.416 e. The lowest BCUT2D eigenvalue weighted by Gasteiger charge is -2.21. The molecule has 0 fully saturated rings. The third kappa shape index (κ3) is 6.89. The fraction of sp³-hybridized carbons (Fsp3) is 0.500. The van der Waals surface area contributed by atoms with Crippen LogP contribution in [0.3, 0.4) is 0 Å². The Bertz CT molecular complexity index is 576. The summed E-state index contributed by atoms with van der Waals surface area (Å²) in [7, 11) is 0. The third-order valence-corrected chi connectivity index (χ3v) is 3.00. The van der Waals surface area contributed by atoms with E-state index >= 15 is 0 Å². The average molecular weight is 347 g/mol. The van der Waals surface area contributed by atoms with Crippen LogP contribution in [0.2, 0.25) is 0 Å². The number of ether oxygens (including phenoxy) is 1. The van der Waals surface area contributed by atoms with Crippen LogP contribution in [0.15, 0.2) is 24.3 Å². The Hall–Kier alpha value is -2.25. The van der Waals surface area contributed by atoms with Crippen molar-refractivity contribution in [3.05, 3.63) is 35.4 Å². The van der Waals surface area contributed by atoms with E-state index in [-0.39, 0.29) is 13.0 Å². The molecule has 1 aromatic carbocycles. The van der Waals surface area contributed by atoms with Gasteiger partial charge in [0, 0.05) is 6.54 Å². The Morgan fingerprint density at radius 3 is 2.12 bits per heavy atom. The zero-order chi connectivity index (χ0) is 18.5. The largest absolute Gasteiger partial charge is 0.481 e. The second kappa shape index (κ2) is 7.55. The molecule has 24 heavy (non-hydrogen) atoms. The van der Waals surface area contributed by atoms with Crippen LogP contribution >= 0.6 is 0 Å². The van der Waals surface area contributed by atoms with Gasteiger partial charge in [-0.15, -0.1) is 0 Å². The van der Waals surface area contributed by atoms with Gasteiger partial charge < -0.3 is 15.2 Å².